The summed E-state index contributed by atoms with van der Waals surface area (Å²) in [5, 5.41) is 3.27. The number of hydrogen-bond donors (Lipinski definition) is 1. The smallest absolute Gasteiger partial charge is 0.109 e. The Labute approximate surface area is 89.3 Å². The molecule has 0 radical (unpaired) electrons. The summed E-state index contributed by atoms with van der Waals surface area (Å²) in [4.78, 5) is 6.21. The van der Waals surface area contributed by atoms with Gasteiger partial charge in [0.15, 0.2) is 0 Å². The van der Waals surface area contributed by atoms with Gasteiger partial charge in [0.25, 0.3) is 0 Å². The number of rotatable bonds is 3. The van der Waals surface area contributed by atoms with E-state index in [0.29, 0.717) is 0 Å². The van der Waals surface area contributed by atoms with Crippen LogP contribution in [-0.2, 0) is 0 Å². The standard InChI is InChI=1S/C11H16FN3/c12-8-11(10-2-1-3-14-9-10)15-6-4-13-5-7-15/h1-3,9,11,13H,4-8H2/t11-/m0/s1. The molecule has 2 rings (SSSR count). The van der Waals surface area contributed by atoms with Crippen LogP contribution in [0.4, 0.5) is 4.39 Å². The maximum Gasteiger partial charge on any atom is 0.109 e. The number of alkyl halides is 1. The van der Waals surface area contributed by atoms with Crippen molar-refractivity contribution in [1.29, 1.82) is 0 Å². The van der Waals surface area contributed by atoms with Crippen LogP contribution in [0.2, 0.25) is 0 Å². The number of hydrogen-bond acceptors (Lipinski definition) is 3. The summed E-state index contributed by atoms with van der Waals surface area (Å²) < 4.78 is 13.0. The lowest BCUT2D eigenvalue weighted by Gasteiger charge is -2.33. The molecular weight excluding hydrogens is 193 g/mol. The van der Waals surface area contributed by atoms with E-state index in [1.807, 2.05) is 12.1 Å². The van der Waals surface area contributed by atoms with Crippen molar-refractivity contribution in [3.05, 3.63) is 30.1 Å². The van der Waals surface area contributed by atoms with E-state index in [9.17, 15) is 4.39 Å². The summed E-state index contributed by atoms with van der Waals surface area (Å²) in [5.74, 6) is 0. The van der Waals surface area contributed by atoms with Crippen molar-refractivity contribution in [2.75, 3.05) is 32.9 Å². The van der Waals surface area contributed by atoms with Gasteiger partial charge in [-0.2, -0.15) is 0 Å². The highest BCUT2D eigenvalue weighted by Gasteiger charge is 2.21. The quantitative estimate of drug-likeness (QED) is 0.805. The molecule has 1 saturated heterocycles. The van der Waals surface area contributed by atoms with E-state index in [4.69, 9.17) is 0 Å². The Morgan fingerprint density at radius 2 is 2.27 bits per heavy atom. The molecule has 1 atom stereocenters. The van der Waals surface area contributed by atoms with Gasteiger partial charge in [0.2, 0.25) is 0 Å². The molecule has 0 saturated carbocycles. The fraction of sp³-hybridized carbons (Fsp3) is 0.545. The first kappa shape index (κ1) is 10.5. The van der Waals surface area contributed by atoms with Crippen LogP contribution in [0.1, 0.15) is 11.6 Å². The molecule has 1 aliphatic rings. The molecule has 1 aromatic heterocycles. The van der Waals surface area contributed by atoms with E-state index in [1.54, 1.807) is 12.4 Å². The third kappa shape index (κ3) is 2.52. The Balaban J connectivity index is 2.09. The summed E-state index contributed by atoms with van der Waals surface area (Å²) in [6.07, 6.45) is 3.48. The third-order valence-electron chi connectivity index (χ3n) is 2.81. The van der Waals surface area contributed by atoms with Gasteiger partial charge in [0.1, 0.15) is 6.67 Å². The van der Waals surface area contributed by atoms with Crippen LogP contribution >= 0.6 is 0 Å². The highest BCUT2D eigenvalue weighted by Crippen LogP contribution is 2.20. The molecule has 0 unspecified atom stereocenters. The van der Waals surface area contributed by atoms with Gasteiger partial charge in [-0.25, -0.2) is 4.39 Å². The van der Waals surface area contributed by atoms with Crippen LogP contribution in [0.15, 0.2) is 24.5 Å². The molecule has 0 spiro atoms. The van der Waals surface area contributed by atoms with E-state index >= 15 is 0 Å². The number of halogens is 1. The molecule has 0 bridgehead atoms. The minimum atomic E-state index is -0.342. The zero-order valence-corrected chi connectivity index (χ0v) is 8.69. The Hall–Kier alpha value is -1.00. The second kappa shape index (κ2) is 5.19. The van der Waals surface area contributed by atoms with E-state index < -0.39 is 0 Å². The molecule has 4 heteroatoms. The van der Waals surface area contributed by atoms with Gasteiger partial charge in [-0.1, -0.05) is 6.07 Å². The SMILES string of the molecule is FC[C@@H](c1cccnc1)N1CCNCC1. The van der Waals surface area contributed by atoms with Crippen molar-refractivity contribution >= 4 is 0 Å². The molecule has 1 fully saturated rings. The maximum atomic E-state index is 13.0. The summed E-state index contributed by atoms with van der Waals surface area (Å²) >= 11 is 0. The van der Waals surface area contributed by atoms with E-state index in [2.05, 4.69) is 15.2 Å². The summed E-state index contributed by atoms with van der Waals surface area (Å²) in [5.41, 5.74) is 0.974. The number of piperazine rings is 1. The first-order valence-corrected chi connectivity index (χ1v) is 5.32. The van der Waals surface area contributed by atoms with Gasteiger partial charge in [-0.3, -0.25) is 9.88 Å². The van der Waals surface area contributed by atoms with Gasteiger partial charge in [-0.05, 0) is 11.6 Å². The molecule has 82 valence electrons. The predicted octanol–water partition coefficient (Wildman–Crippen LogP) is 0.997. The third-order valence-corrected chi connectivity index (χ3v) is 2.81. The molecule has 1 aliphatic heterocycles. The highest BCUT2D eigenvalue weighted by molar-refractivity contribution is 5.14. The van der Waals surface area contributed by atoms with Crippen molar-refractivity contribution in [1.82, 2.24) is 15.2 Å². The number of nitrogens with zero attached hydrogens (tertiary/aromatic N) is 2. The van der Waals surface area contributed by atoms with Crippen molar-refractivity contribution in [3.63, 3.8) is 0 Å². The zero-order valence-electron chi connectivity index (χ0n) is 8.69. The largest absolute Gasteiger partial charge is 0.314 e. The maximum absolute atomic E-state index is 13.0. The molecule has 0 aromatic carbocycles. The molecule has 0 aliphatic carbocycles. The fourth-order valence-electron chi connectivity index (χ4n) is 1.96. The molecule has 1 N–H and O–H groups in total. The highest BCUT2D eigenvalue weighted by atomic mass is 19.1. The van der Waals surface area contributed by atoms with Crippen LogP contribution in [-0.4, -0.2) is 42.7 Å². The molecule has 2 heterocycles. The molecule has 3 nitrogen and oxygen atoms in total. The van der Waals surface area contributed by atoms with Gasteiger partial charge >= 0.3 is 0 Å². The van der Waals surface area contributed by atoms with Crippen LogP contribution in [0.25, 0.3) is 0 Å². The normalized spacial score (nSPS) is 20.1. The lowest BCUT2D eigenvalue weighted by Crippen LogP contribution is -2.45. The molecular formula is C11H16FN3. The van der Waals surface area contributed by atoms with Crippen LogP contribution < -0.4 is 5.32 Å². The van der Waals surface area contributed by atoms with Crippen molar-refractivity contribution in [2.24, 2.45) is 0 Å². The minimum Gasteiger partial charge on any atom is -0.314 e. The van der Waals surface area contributed by atoms with E-state index in [-0.39, 0.29) is 12.7 Å². The summed E-state index contributed by atoms with van der Waals surface area (Å²) in [6, 6.07) is 3.68. The van der Waals surface area contributed by atoms with Crippen molar-refractivity contribution < 1.29 is 4.39 Å². The molecule has 15 heavy (non-hydrogen) atoms. The number of nitrogens with one attached hydrogen (secondary N) is 1. The zero-order chi connectivity index (χ0) is 10.5. The Morgan fingerprint density at radius 3 is 2.87 bits per heavy atom. The van der Waals surface area contributed by atoms with E-state index in [1.165, 1.54) is 0 Å². The number of pyridine rings is 1. The topological polar surface area (TPSA) is 28.2 Å². The number of aromatic nitrogens is 1. The average Bonchev–Trinajstić information content (AvgIpc) is 2.33. The first-order valence-electron chi connectivity index (χ1n) is 5.32. The van der Waals surface area contributed by atoms with Gasteiger partial charge in [0.05, 0.1) is 6.04 Å². The minimum absolute atomic E-state index is 0.124. The van der Waals surface area contributed by atoms with Gasteiger partial charge < -0.3 is 5.32 Å². The average molecular weight is 209 g/mol. The van der Waals surface area contributed by atoms with Crippen molar-refractivity contribution in [3.8, 4) is 0 Å². The van der Waals surface area contributed by atoms with E-state index in [0.717, 1.165) is 31.7 Å². The second-order valence-electron chi connectivity index (χ2n) is 3.74. The second-order valence-corrected chi connectivity index (χ2v) is 3.74. The Kier molecular flexibility index (Phi) is 3.64. The Morgan fingerprint density at radius 1 is 1.47 bits per heavy atom. The summed E-state index contributed by atoms with van der Waals surface area (Å²) in [6.45, 7) is 3.35. The van der Waals surface area contributed by atoms with Crippen LogP contribution in [0.3, 0.4) is 0 Å². The first-order chi connectivity index (χ1) is 7.42. The predicted molar refractivity (Wildman–Crippen MR) is 57.4 cm³/mol. The van der Waals surface area contributed by atoms with Crippen LogP contribution in [0, 0.1) is 0 Å². The van der Waals surface area contributed by atoms with Crippen molar-refractivity contribution in [2.45, 2.75) is 6.04 Å². The Bertz CT molecular complexity index is 285. The monoisotopic (exact) mass is 209 g/mol. The fourth-order valence-corrected chi connectivity index (χ4v) is 1.96. The van der Waals surface area contributed by atoms with Crippen LogP contribution in [0.5, 0.6) is 0 Å². The van der Waals surface area contributed by atoms with Gasteiger partial charge in [-0.15, -0.1) is 0 Å². The molecule has 0 amide bonds. The van der Waals surface area contributed by atoms with Gasteiger partial charge in [0, 0.05) is 38.6 Å². The molecule has 1 aromatic rings. The lowest BCUT2D eigenvalue weighted by atomic mass is 10.1. The lowest BCUT2D eigenvalue weighted by molar-refractivity contribution is 0.147. The summed E-state index contributed by atoms with van der Waals surface area (Å²) in [7, 11) is 0.